The molecule has 1 aromatic rings. The number of rotatable bonds is 3. The van der Waals surface area contributed by atoms with E-state index in [0.717, 1.165) is 43.7 Å². The Balaban J connectivity index is 2.31. The molecule has 0 fully saturated rings. The monoisotopic (exact) mass is 207 g/mol. The molecule has 0 aromatic carbocycles. The maximum absolute atomic E-state index is 7.43. The highest BCUT2D eigenvalue weighted by Crippen LogP contribution is 2.26. The van der Waals surface area contributed by atoms with Crippen molar-refractivity contribution in [3.8, 4) is 0 Å². The van der Waals surface area contributed by atoms with Crippen LogP contribution in [0.5, 0.6) is 0 Å². The van der Waals surface area contributed by atoms with E-state index in [0.29, 0.717) is 0 Å². The Bertz CT molecular complexity index is 379. The smallest absolute Gasteiger partial charge is 0.215 e. The first-order chi connectivity index (χ1) is 7.24. The van der Waals surface area contributed by atoms with Crippen LogP contribution in [0.4, 0.5) is 5.82 Å². The van der Waals surface area contributed by atoms with Crippen LogP contribution in [0, 0.1) is 5.41 Å². The molecule has 0 unspecified atom stereocenters. The molecule has 5 heteroatoms. The van der Waals surface area contributed by atoms with Crippen LogP contribution in [0.15, 0.2) is 0 Å². The lowest BCUT2D eigenvalue weighted by Crippen LogP contribution is -2.23. The predicted octanol–water partition coefficient (Wildman–Crippen LogP) is 0.935. The first-order valence-electron chi connectivity index (χ1n) is 5.43. The number of nitrogen functional groups attached to an aromatic ring is 1. The van der Waals surface area contributed by atoms with Gasteiger partial charge in [0.25, 0.3) is 0 Å². The van der Waals surface area contributed by atoms with Crippen LogP contribution in [0.2, 0.25) is 0 Å². The summed E-state index contributed by atoms with van der Waals surface area (Å²) < 4.78 is 1.51. The minimum atomic E-state index is -0.0107. The Kier molecular flexibility index (Phi) is 2.62. The summed E-state index contributed by atoms with van der Waals surface area (Å²) >= 11 is 0. The van der Waals surface area contributed by atoms with Gasteiger partial charge in [-0.1, -0.05) is 13.3 Å². The van der Waals surface area contributed by atoms with E-state index in [1.807, 2.05) is 0 Å². The third kappa shape index (κ3) is 1.69. The van der Waals surface area contributed by atoms with Crippen molar-refractivity contribution in [2.75, 3.05) is 11.9 Å². The van der Waals surface area contributed by atoms with E-state index >= 15 is 0 Å². The van der Waals surface area contributed by atoms with E-state index in [-0.39, 0.29) is 5.96 Å². The van der Waals surface area contributed by atoms with Gasteiger partial charge in [-0.15, -0.1) is 0 Å². The van der Waals surface area contributed by atoms with Gasteiger partial charge in [-0.2, -0.15) is 9.78 Å². The molecule has 0 saturated heterocycles. The summed E-state index contributed by atoms with van der Waals surface area (Å²) in [6.07, 6.45) is 4.29. The number of hydrogen-bond donors (Lipinski definition) is 3. The van der Waals surface area contributed by atoms with Crippen LogP contribution in [0.1, 0.15) is 31.0 Å². The zero-order valence-corrected chi connectivity index (χ0v) is 9.01. The lowest BCUT2D eigenvalue weighted by atomic mass is 10.1. The van der Waals surface area contributed by atoms with Gasteiger partial charge in [0.15, 0.2) is 0 Å². The summed E-state index contributed by atoms with van der Waals surface area (Å²) in [7, 11) is 0. The van der Waals surface area contributed by atoms with E-state index in [4.69, 9.17) is 11.1 Å². The van der Waals surface area contributed by atoms with E-state index in [1.165, 1.54) is 10.2 Å². The fraction of sp³-hybridized carbons (Fsp3) is 0.600. The van der Waals surface area contributed by atoms with Gasteiger partial charge in [-0.3, -0.25) is 5.41 Å². The Morgan fingerprint density at radius 3 is 3.13 bits per heavy atom. The third-order valence-corrected chi connectivity index (χ3v) is 2.73. The number of fused-ring (bicyclic) bond motifs is 1. The Labute approximate surface area is 89.2 Å². The first-order valence-corrected chi connectivity index (χ1v) is 5.43. The molecule has 2 rings (SSSR count). The maximum Gasteiger partial charge on any atom is 0.215 e. The lowest BCUT2D eigenvalue weighted by molar-refractivity contribution is 0.750. The van der Waals surface area contributed by atoms with Gasteiger partial charge in [0, 0.05) is 12.1 Å². The van der Waals surface area contributed by atoms with Crippen molar-refractivity contribution >= 4 is 11.8 Å². The molecule has 1 aliphatic heterocycles. The van der Waals surface area contributed by atoms with Crippen molar-refractivity contribution in [1.29, 1.82) is 5.41 Å². The Hall–Kier alpha value is -1.52. The second-order valence-electron chi connectivity index (χ2n) is 3.85. The number of unbranched alkanes of at least 4 members (excludes halogenated alkanes) is 1. The molecule has 0 bridgehead atoms. The van der Waals surface area contributed by atoms with Crippen molar-refractivity contribution in [3.63, 3.8) is 0 Å². The number of aromatic nitrogens is 2. The van der Waals surface area contributed by atoms with Crippen molar-refractivity contribution in [2.45, 2.75) is 32.6 Å². The molecule has 2 heterocycles. The topological polar surface area (TPSA) is 79.7 Å². The number of nitrogens with one attached hydrogen (secondary N) is 2. The average Bonchev–Trinajstić information content (AvgIpc) is 2.75. The van der Waals surface area contributed by atoms with Crippen LogP contribution in [-0.4, -0.2) is 22.3 Å². The van der Waals surface area contributed by atoms with Gasteiger partial charge in [0.2, 0.25) is 5.96 Å². The molecule has 0 radical (unpaired) electrons. The summed E-state index contributed by atoms with van der Waals surface area (Å²) in [5, 5.41) is 15.0. The number of nitrogens with two attached hydrogens (primary N) is 1. The van der Waals surface area contributed by atoms with E-state index in [1.54, 1.807) is 0 Å². The van der Waals surface area contributed by atoms with Crippen molar-refractivity contribution in [3.05, 3.63) is 11.3 Å². The molecule has 0 aliphatic carbocycles. The summed E-state index contributed by atoms with van der Waals surface area (Å²) in [5.74, 6) is 0.914. The minimum Gasteiger partial charge on any atom is -0.369 e. The van der Waals surface area contributed by atoms with E-state index < -0.39 is 0 Å². The van der Waals surface area contributed by atoms with Crippen molar-refractivity contribution in [2.24, 2.45) is 5.73 Å². The van der Waals surface area contributed by atoms with E-state index in [9.17, 15) is 0 Å². The fourth-order valence-corrected chi connectivity index (χ4v) is 1.97. The average molecular weight is 207 g/mol. The predicted molar refractivity (Wildman–Crippen MR) is 60.3 cm³/mol. The fourth-order valence-electron chi connectivity index (χ4n) is 1.97. The zero-order chi connectivity index (χ0) is 10.8. The zero-order valence-electron chi connectivity index (χ0n) is 9.01. The summed E-state index contributed by atoms with van der Waals surface area (Å²) in [6.45, 7) is 3.10. The van der Waals surface area contributed by atoms with Crippen molar-refractivity contribution < 1.29 is 0 Å². The van der Waals surface area contributed by atoms with E-state index in [2.05, 4.69) is 17.3 Å². The van der Waals surface area contributed by atoms with Gasteiger partial charge in [-0.25, -0.2) is 0 Å². The van der Waals surface area contributed by atoms with Gasteiger partial charge in [0.05, 0.1) is 5.69 Å². The molecule has 4 N–H and O–H groups in total. The second-order valence-corrected chi connectivity index (χ2v) is 3.85. The van der Waals surface area contributed by atoms with Gasteiger partial charge in [0.1, 0.15) is 5.82 Å². The maximum atomic E-state index is 7.43. The van der Waals surface area contributed by atoms with Crippen LogP contribution >= 0.6 is 0 Å². The van der Waals surface area contributed by atoms with Crippen molar-refractivity contribution in [1.82, 2.24) is 9.78 Å². The molecule has 0 saturated carbocycles. The third-order valence-electron chi connectivity index (χ3n) is 2.73. The lowest BCUT2D eigenvalue weighted by Gasteiger charge is -2.02. The van der Waals surface area contributed by atoms with Crippen LogP contribution in [0.25, 0.3) is 0 Å². The highest BCUT2D eigenvalue weighted by Gasteiger charge is 2.22. The molecular formula is C10H17N5. The number of nitrogens with zero attached hydrogens (tertiary/aromatic N) is 2. The first kappa shape index (κ1) is 10.0. The molecule has 15 heavy (non-hydrogen) atoms. The second kappa shape index (κ2) is 3.92. The summed E-state index contributed by atoms with van der Waals surface area (Å²) in [4.78, 5) is 0. The Morgan fingerprint density at radius 1 is 1.67 bits per heavy atom. The number of anilines is 1. The number of aryl methyl sites for hydroxylation is 1. The number of hydrogen-bond acceptors (Lipinski definition) is 3. The largest absolute Gasteiger partial charge is 0.369 e. The molecule has 1 aromatic heterocycles. The standard InChI is InChI=1S/C10H17N5/c1-2-3-4-8-7-5-6-13-9(7)15(14-8)10(11)12/h13H,2-6H2,1H3,(H3,11,12). The summed E-state index contributed by atoms with van der Waals surface area (Å²) in [6, 6.07) is 0. The van der Waals surface area contributed by atoms with Gasteiger partial charge < -0.3 is 11.1 Å². The molecule has 0 atom stereocenters. The molecule has 0 spiro atoms. The SMILES string of the molecule is CCCCc1nn(C(=N)N)c2c1CCN2. The highest BCUT2D eigenvalue weighted by atomic mass is 15.4. The van der Waals surface area contributed by atoms with Crippen LogP contribution < -0.4 is 11.1 Å². The van der Waals surface area contributed by atoms with Gasteiger partial charge in [-0.05, 0) is 19.3 Å². The van der Waals surface area contributed by atoms with Crippen LogP contribution in [-0.2, 0) is 12.8 Å². The molecule has 0 amide bonds. The normalized spacial score (nSPS) is 13.7. The molecule has 1 aliphatic rings. The quantitative estimate of drug-likeness (QED) is 0.509. The molecule has 5 nitrogen and oxygen atoms in total. The van der Waals surface area contributed by atoms with Gasteiger partial charge >= 0.3 is 0 Å². The summed E-state index contributed by atoms with van der Waals surface area (Å²) in [5.41, 5.74) is 7.83. The minimum absolute atomic E-state index is 0.0107. The molecular weight excluding hydrogens is 190 g/mol. The van der Waals surface area contributed by atoms with Crippen LogP contribution in [0.3, 0.4) is 0 Å². The highest BCUT2D eigenvalue weighted by molar-refractivity contribution is 5.81. The molecule has 82 valence electrons. The Morgan fingerprint density at radius 2 is 2.47 bits per heavy atom.